The lowest BCUT2D eigenvalue weighted by atomic mass is 10.1. The zero-order chi connectivity index (χ0) is 13.5. The molecule has 0 aromatic carbocycles. The van der Waals surface area contributed by atoms with Gasteiger partial charge in [0.25, 0.3) is 5.89 Å². The summed E-state index contributed by atoms with van der Waals surface area (Å²) in [5.74, 6) is 0.985. The quantitative estimate of drug-likeness (QED) is 0.721. The lowest BCUT2D eigenvalue weighted by Crippen LogP contribution is -2.21. The Morgan fingerprint density at radius 1 is 1.32 bits per heavy atom. The van der Waals surface area contributed by atoms with Gasteiger partial charge in [0.2, 0.25) is 5.82 Å². The molecule has 98 valence electrons. The fourth-order valence-corrected chi connectivity index (χ4v) is 1.72. The van der Waals surface area contributed by atoms with Crippen molar-refractivity contribution in [3.8, 4) is 11.5 Å². The summed E-state index contributed by atoms with van der Waals surface area (Å²) in [5, 5.41) is 3.96. The zero-order valence-corrected chi connectivity index (χ0v) is 11.0. The number of ether oxygens (including phenoxy) is 1. The SMILES string of the molecule is COC(C)(C)c1noc(-c2ccn3ccnc3c2)n1. The molecule has 0 aliphatic rings. The van der Waals surface area contributed by atoms with Crippen LogP contribution in [0.4, 0.5) is 0 Å². The molecule has 3 rings (SSSR count). The first-order valence-electron chi connectivity index (χ1n) is 5.92. The van der Waals surface area contributed by atoms with Crippen molar-refractivity contribution in [3.63, 3.8) is 0 Å². The minimum absolute atomic E-state index is 0.464. The molecule has 3 aromatic heterocycles. The van der Waals surface area contributed by atoms with Crippen LogP contribution in [-0.4, -0.2) is 26.6 Å². The lowest BCUT2D eigenvalue weighted by Gasteiger charge is -2.17. The summed E-state index contributed by atoms with van der Waals surface area (Å²) in [6, 6.07) is 3.81. The number of methoxy groups -OCH3 is 1. The second kappa shape index (κ2) is 4.17. The van der Waals surface area contributed by atoms with Gasteiger partial charge < -0.3 is 13.7 Å². The predicted molar refractivity (Wildman–Crippen MR) is 68.5 cm³/mol. The summed E-state index contributed by atoms with van der Waals surface area (Å²) >= 11 is 0. The largest absolute Gasteiger partial charge is 0.371 e. The third kappa shape index (κ3) is 2.00. The van der Waals surface area contributed by atoms with Gasteiger partial charge >= 0.3 is 0 Å². The van der Waals surface area contributed by atoms with Gasteiger partial charge in [-0.15, -0.1) is 0 Å². The molecule has 0 bridgehead atoms. The number of nitrogens with zero attached hydrogens (tertiary/aromatic N) is 4. The van der Waals surface area contributed by atoms with Crippen LogP contribution in [0.5, 0.6) is 0 Å². The van der Waals surface area contributed by atoms with Crippen LogP contribution in [0.3, 0.4) is 0 Å². The predicted octanol–water partition coefficient (Wildman–Crippen LogP) is 2.27. The molecule has 0 saturated heterocycles. The molecule has 6 nitrogen and oxygen atoms in total. The third-order valence-electron chi connectivity index (χ3n) is 3.12. The first-order valence-corrected chi connectivity index (χ1v) is 5.92. The summed E-state index contributed by atoms with van der Waals surface area (Å²) in [4.78, 5) is 8.60. The van der Waals surface area contributed by atoms with Crippen molar-refractivity contribution in [1.29, 1.82) is 0 Å². The van der Waals surface area contributed by atoms with E-state index in [1.54, 1.807) is 13.3 Å². The minimum atomic E-state index is -0.570. The van der Waals surface area contributed by atoms with Crippen molar-refractivity contribution in [2.45, 2.75) is 19.4 Å². The molecule has 0 atom stereocenters. The van der Waals surface area contributed by atoms with Crippen molar-refractivity contribution < 1.29 is 9.26 Å². The van der Waals surface area contributed by atoms with Gasteiger partial charge in [0.05, 0.1) is 0 Å². The summed E-state index contributed by atoms with van der Waals surface area (Å²) in [6.45, 7) is 3.78. The van der Waals surface area contributed by atoms with Crippen molar-refractivity contribution in [3.05, 3.63) is 36.5 Å². The van der Waals surface area contributed by atoms with Crippen molar-refractivity contribution in [2.24, 2.45) is 0 Å². The Bertz CT molecular complexity index is 714. The number of hydrogen-bond donors (Lipinski definition) is 0. The van der Waals surface area contributed by atoms with Crippen LogP contribution in [0.15, 0.2) is 35.2 Å². The molecule has 19 heavy (non-hydrogen) atoms. The lowest BCUT2D eigenvalue weighted by molar-refractivity contribution is 0.00973. The summed E-state index contributed by atoms with van der Waals surface area (Å²) < 4.78 is 12.5. The van der Waals surface area contributed by atoms with E-state index in [-0.39, 0.29) is 0 Å². The van der Waals surface area contributed by atoms with Gasteiger partial charge in [-0.3, -0.25) is 0 Å². The van der Waals surface area contributed by atoms with Crippen molar-refractivity contribution in [1.82, 2.24) is 19.5 Å². The molecule has 0 fully saturated rings. The van der Waals surface area contributed by atoms with Gasteiger partial charge in [0.1, 0.15) is 11.2 Å². The smallest absolute Gasteiger partial charge is 0.258 e. The highest BCUT2D eigenvalue weighted by atomic mass is 16.5. The van der Waals surface area contributed by atoms with Crippen molar-refractivity contribution >= 4 is 5.65 Å². The second-order valence-electron chi connectivity index (χ2n) is 4.75. The molecule has 0 aliphatic carbocycles. The molecule has 0 aliphatic heterocycles. The number of imidazole rings is 1. The molecule has 0 spiro atoms. The molecule has 6 heteroatoms. The van der Waals surface area contributed by atoms with E-state index in [1.165, 1.54) is 0 Å². The fraction of sp³-hybridized carbons (Fsp3) is 0.308. The number of hydrogen-bond acceptors (Lipinski definition) is 5. The van der Waals surface area contributed by atoms with E-state index in [0.29, 0.717) is 11.7 Å². The van der Waals surface area contributed by atoms with E-state index in [0.717, 1.165) is 11.2 Å². The van der Waals surface area contributed by atoms with Crippen molar-refractivity contribution in [2.75, 3.05) is 7.11 Å². The third-order valence-corrected chi connectivity index (χ3v) is 3.12. The van der Waals surface area contributed by atoms with Crippen LogP contribution in [0.25, 0.3) is 17.1 Å². The van der Waals surface area contributed by atoms with Gasteiger partial charge in [0.15, 0.2) is 0 Å². The van der Waals surface area contributed by atoms with Gasteiger partial charge in [-0.1, -0.05) is 5.16 Å². The monoisotopic (exact) mass is 258 g/mol. The van der Waals surface area contributed by atoms with E-state index >= 15 is 0 Å². The molecular weight excluding hydrogens is 244 g/mol. The number of rotatable bonds is 3. The van der Waals surface area contributed by atoms with E-state index < -0.39 is 5.60 Å². The average Bonchev–Trinajstić information content (AvgIpc) is 3.06. The first-order chi connectivity index (χ1) is 9.10. The Morgan fingerprint density at radius 3 is 2.95 bits per heavy atom. The van der Waals surface area contributed by atoms with E-state index in [9.17, 15) is 0 Å². The van der Waals surface area contributed by atoms with E-state index in [1.807, 2.05) is 42.8 Å². The Hall–Kier alpha value is -2.21. The maximum atomic E-state index is 5.33. The van der Waals surface area contributed by atoms with E-state index in [4.69, 9.17) is 9.26 Å². The van der Waals surface area contributed by atoms with Crippen LogP contribution in [-0.2, 0) is 10.3 Å². The summed E-state index contributed by atoms with van der Waals surface area (Å²) in [5.41, 5.74) is 1.10. The van der Waals surface area contributed by atoms with Crippen LogP contribution in [0.2, 0.25) is 0 Å². The van der Waals surface area contributed by atoms with E-state index in [2.05, 4.69) is 15.1 Å². The van der Waals surface area contributed by atoms with Gasteiger partial charge in [0, 0.05) is 31.3 Å². The van der Waals surface area contributed by atoms with Gasteiger partial charge in [-0.05, 0) is 26.0 Å². The highest BCUT2D eigenvalue weighted by Gasteiger charge is 2.26. The molecule has 3 heterocycles. The van der Waals surface area contributed by atoms with Crippen LogP contribution >= 0.6 is 0 Å². The number of aromatic nitrogens is 4. The first kappa shape index (κ1) is 11.9. The molecule has 0 N–H and O–H groups in total. The Morgan fingerprint density at radius 2 is 2.16 bits per heavy atom. The Labute approximate surface area is 110 Å². The number of fused-ring (bicyclic) bond motifs is 1. The highest BCUT2D eigenvalue weighted by molar-refractivity contribution is 5.59. The Balaban J connectivity index is 2.02. The minimum Gasteiger partial charge on any atom is -0.371 e. The average molecular weight is 258 g/mol. The number of pyridine rings is 1. The zero-order valence-electron chi connectivity index (χ0n) is 11.0. The Kier molecular flexibility index (Phi) is 2.60. The second-order valence-corrected chi connectivity index (χ2v) is 4.75. The van der Waals surface area contributed by atoms with Crippen LogP contribution in [0, 0.1) is 0 Å². The van der Waals surface area contributed by atoms with Gasteiger partial charge in [-0.2, -0.15) is 4.98 Å². The maximum absolute atomic E-state index is 5.33. The molecule has 0 unspecified atom stereocenters. The molecule has 0 radical (unpaired) electrons. The molecule has 0 amide bonds. The summed E-state index contributed by atoms with van der Waals surface area (Å²) in [7, 11) is 1.62. The topological polar surface area (TPSA) is 65.5 Å². The normalized spacial score (nSPS) is 12.2. The fourth-order valence-electron chi connectivity index (χ4n) is 1.72. The van der Waals surface area contributed by atoms with Gasteiger partial charge in [-0.25, -0.2) is 4.98 Å². The maximum Gasteiger partial charge on any atom is 0.258 e. The van der Waals surface area contributed by atoms with Crippen LogP contribution in [0.1, 0.15) is 19.7 Å². The standard InChI is InChI=1S/C13H14N4O2/c1-13(2,18-3)12-15-11(19-16-12)9-4-6-17-7-5-14-10(17)8-9/h4-8H,1-3H3. The molecule has 0 saturated carbocycles. The molecular formula is C13H14N4O2. The van der Waals surface area contributed by atoms with Crippen LogP contribution < -0.4 is 0 Å². The summed E-state index contributed by atoms with van der Waals surface area (Å²) in [6.07, 6.45) is 5.53. The highest BCUT2D eigenvalue weighted by Crippen LogP contribution is 2.24. The molecule has 3 aromatic rings.